The molecule has 5 nitrogen and oxygen atoms in total. The van der Waals surface area contributed by atoms with Gasteiger partial charge in [0, 0.05) is 0 Å². The predicted octanol–water partition coefficient (Wildman–Crippen LogP) is 2.26. The average molecular weight is 242 g/mol. The van der Waals surface area contributed by atoms with Gasteiger partial charge in [0.2, 0.25) is 6.08 Å². The van der Waals surface area contributed by atoms with E-state index in [1.165, 1.54) is 6.08 Å². The van der Waals surface area contributed by atoms with E-state index in [1.807, 2.05) is 13.8 Å². The maximum Gasteiger partial charge on any atom is 0.407 e. The van der Waals surface area contributed by atoms with Crippen molar-refractivity contribution in [1.29, 1.82) is 0 Å². The second-order valence-corrected chi connectivity index (χ2v) is 5.38. The molecule has 0 aliphatic rings. The summed E-state index contributed by atoms with van der Waals surface area (Å²) >= 11 is 0. The Balaban J connectivity index is 4.56. The number of rotatable bonds is 4. The summed E-state index contributed by atoms with van der Waals surface area (Å²) in [5.74, 6) is 0.148. The third-order valence-corrected chi connectivity index (χ3v) is 2.18. The fourth-order valence-corrected chi connectivity index (χ4v) is 1.45. The first-order chi connectivity index (χ1) is 7.67. The van der Waals surface area contributed by atoms with Crippen LogP contribution in [-0.2, 0) is 9.53 Å². The molecule has 0 heterocycles. The zero-order valence-electron chi connectivity index (χ0n) is 11.4. The van der Waals surface area contributed by atoms with Crippen LogP contribution in [0.4, 0.5) is 4.79 Å². The highest BCUT2D eigenvalue weighted by molar-refractivity contribution is 5.68. The van der Waals surface area contributed by atoms with Gasteiger partial charge in [0.1, 0.15) is 5.60 Å². The minimum absolute atomic E-state index is 0.148. The van der Waals surface area contributed by atoms with Crippen molar-refractivity contribution in [2.75, 3.05) is 0 Å². The topological polar surface area (TPSA) is 67.8 Å². The second kappa shape index (κ2) is 6.40. The van der Waals surface area contributed by atoms with E-state index in [4.69, 9.17) is 4.74 Å². The maximum absolute atomic E-state index is 11.6. The van der Waals surface area contributed by atoms with Gasteiger partial charge in [-0.15, -0.1) is 0 Å². The van der Waals surface area contributed by atoms with Crippen LogP contribution in [0.1, 0.15) is 41.5 Å². The largest absolute Gasteiger partial charge is 0.444 e. The standard InChI is InChI=1S/C12H22N2O3/c1-8(2)10(9(3)13-7-15)14-11(16)17-12(4,5)6/h8-10H,1-6H3,(H,14,16). The van der Waals surface area contributed by atoms with E-state index < -0.39 is 11.7 Å². The number of carbonyl (C=O) groups excluding carboxylic acids is 2. The molecule has 0 aliphatic heterocycles. The van der Waals surface area contributed by atoms with Crippen molar-refractivity contribution in [1.82, 2.24) is 5.32 Å². The summed E-state index contributed by atoms with van der Waals surface area (Å²) in [7, 11) is 0. The molecule has 0 aromatic carbocycles. The number of hydrogen-bond acceptors (Lipinski definition) is 4. The van der Waals surface area contributed by atoms with E-state index in [-0.39, 0.29) is 18.0 Å². The number of alkyl carbamates (subject to hydrolysis) is 1. The van der Waals surface area contributed by atoms with Gasteiger partial charge >= 0.3 is 6.09 Å². The van der Waals surface area contributed by atoms with E-state index in [0.29, 0.717) is 0 Å². The molecule has 1 amide bonds. The van der Waals surface area contributed by atoms with Crippen LogP contribution < -0.4 is 5.32 Å². The lowest BCUT2D eigenvalue weighted by Crippen LogP contribution is -2.46. The first-order valence-electron chi connectivity index (χ1n) is 5.74. The van der Waals surface area contributed by atoms with Crippen LogP contribution in [0.15, 0.2) is 4.99 Å². The van der Waals surface area contributed by atoms with Gasteiger partial charge in [0.25, 0.3) is 0 Å². The van der Waals surface area contributed by atoms with Crippen molar-refractivity contribution >= 4 is 12.2 Å². The van der Waals surface area contributed by atoms with Crippen LogP contribution in [0.25, 0.3) is 0 Å². The van der Waals surface area contributed by atoms with E-state index in [1.54, 1.807) is 27.7 Å². The van der Waals surface area contributed by atoms with Crippen molar-refractivity contribution in [2.45, 2.75) is 59.2 Å². The van der Waals surface area contributed by atoms with Gasteiger partial charge in [-0.05, 0) is 33.6 Å². The zero-order valence-corrected chi connectivity index (χ0v) is 11.4. The van der Waals surface area contributed by atoms with Crippen molar-refractivity contribution in [3.05, 3.63) is 0 Å². The molecule has 0 saturated heterocycles. The fraction of sp³-hybridized carbons (Fsp3) is 0.833. The van der Waals surface area contributed by atoms with E-state index in [2.05, 4.69) is 10.3 Å². The highest BCUT2D eigenvalue weighted by Crippen LogP contribution is 2.12. The molecule has 0 radical (unpaired) electrons. The Bertz CT molecular complexity index is 301. The molecule has 98 valence electrons. The Labute approximate surface area is 103 Å². The van der Waals surface area contributed by atoms with Gasteiger partial charge in [0.05, 0.1) is 12.1 Å². The minimum Gasteiger partial charge on any atom is -0.444 e. The third-order valence-electron chi connectivity index (χ3n) is 2.18. The number of amides is 1. The molecule has 5 heteroatoms. The van der Waals surface area contributed by atoms with Crippen LogP contribution in [0, 0.1) is 5.92 Å². The van der Waals surface area contributed by atoms with E-state index >= 15 is 0 Å². The summed E-state index contributed by atoms with van der Waals surface area (Å²) in [6.07, 6.45) is 1.01. The van der Waals surface area contributed by atoms with E-state index in [9.17, 15) is 9.59 Å². The highest BCUT2D eigenvalue weighted by atomic mass is 16.6. The van der Waals surface area contributed by atoms with Crippen molar-refractivity contribution in [3.63, 3.8) is 0 Å². The lowest BCUT2D eigenvalue weighted by molar-refractivity contribution is 0.0482. The average Bonchev–Trinajstić information content (AvgIpc) is 2.11. The van der Waals surface area contributed by atoms with Crippen molar-refractivity contribution in [3.8, 4) is 0 Å². The second-order valence-electron chi connectivity index (χ2n) is 5.38. The summed E-state index contributed by atoms with van der Waals surface area (Å²) in [6.45, 7) is 11.0. The minimum atomic E-state index is -0.539. The molecule has 0 bridgehead atoms. The molecule has 0 spiro atoms. The third kappa shape index (κ3) is 6.74. The van der Waals surface area contributed by atoms with Gasteiger partial charge in [-0.2, -0.15) is 0 Å². The van der Waals surface area contributed by atoms with Gasteiger partial charge in [-0.3, -0.25) is 0 Å². The first-order valence-corrected chi connectivity index (χ1v) is 5.74. The zero-order chi connectivity index (χ0) is 13.6. The maximum atomic E-state index is 11.6. The normalized spacial score (nSPS) is 14.8. The molecule has 0 aliphatic carbocycles. The van der Waals surface area contributed by atoms with Crippen molar-refractivity contribution < 1.29 is 14.3 Å². The van der Waals surface area contributed by atoms with Crippen LogP contribution in [-0.4, -0.2) is 29.9 Å². The summed E-state index contributed by atoms with van der Waals surface area (Å²) in [5.41, 5.74) is -0.539. The molecule has 2 unspecified atom stereocenters. The van der Waals surface area contributed by atoms with Gasteiger partial charge < -0.3 is 10.1 Å². The molecule has 2 atom stereocenters. The number of nitrogens with zero attached hydrogens (tertiary/aromatic N) is 1. The Kier molecular flexibility index (Phi) is 5.89. The van der Waals surface area contributed by atoms with Crippen LogP contribution in [0.3, 0.4) is 0 Å². The predicted molar refractivity (Wildman–Crippen MR) is 65.6 cm³/mol. The quantitative estimate of drug-likeness (QED) is 0.607. The Morgan fingerprint density at radius 1 is 1.29 bits per heavy atom. The number of hydrogen-bond donors (Lipinski definition) is 1. The number of nitrogens with one attached hydrogen (secondary N) is 1. The smallest absolute Gasteiger partial charge is 0.407 e. The molecular weight excluding hydrogens is 220 g/mol. The summed E-state index contributed by atoms with van der Waals surface area (Å²) < 4.78 is 5.16. The molecule has 0 fully saturated rings. The Morgan fingerprint density at radius 3 is 2.18 bits per heavy atom. The Hall–Kier alpha value is -1.35. The number of ether oxygens (including phenoxy) is 1. The molecule has 17 heavy (non-hydrogen) atoms. The molecule has 0 rings (SSSR count). The van der Waals surface area contributed by atoms with Crippen molar-refractivity contribution in [2.24, 2.45) is 10.9 Å². The fourth-order valence-electron chi connectivity index (χ4n) is 1.45. The lowest BCUT2D eigenvalue weighted by atomic mass is 9.98. The summed E-state index contributed by atoms with van der Waals surface area (Å²) in [4.78, 5) is 25.4. The first kappa shape index (κ1) is 15.7. The number of aliphatic imine (C=N–C) groups is 1. The highest BCUT2D eigenvalue weighted by Gasteiger charge is 2.25. The van der Waals surface area contributed by atoms with Gasteiger partial charge in [-0.1, -0.05) is 13.8 Å². The molecule has 0 aromatic heterocycles. The Morgan fingerprint density at radius 2 is 1.82 bits per heavy atom. The van der Waals surface area contributed by atoms with Crippen LogP contribution in [0.2, 0.25) is 0 Å². The monoisotopic (exact) mass is 242 g/mol. The van der Waals surface area contributed by atoms with E-state index in [0.717, 1.165) is 0 Å². The summed E-state index contributed by atoms with van der Waals surface area (Å²) in [5, 5.41) is 2.72. The van der Waals surface area contributed by atoms with Gasteiger partial charge in [-0.25, -0.2) is 14.6 Å². The molecule has 0 aromatic rings. The lowest BCUT2D eigenvalue weighted by Gasteiger charge is -2.27. The molecular formula is C12H22N2O3. The van der Waals surface area contributed by atoms with Gasteiger partial charge in [0.15, 0.2) is 0 Å². The molecule has 1 N–H and O–H groups in total. The SMILES string of the molecule is CC(C)C(NC(=O)OC(C)(C)C)C(C)N=C=O. The number of isocyanates is 1. The van der Waals surface area contributed by atoms with Crippen LogP contribution >= 0.6 is 0 Å². The summed E-state index contributed by atoms with van der Waals surface area (Å²) in [6, 6.07) is -0.564. The number of carbonyl (C=O) groups is 1. The molecule has 0 saturated carbocycles. The van der Waals surface area contributed by atoms with Crippen LogP contribution in [0.5, 0.6) is 0 Å².